The van der Waals surface area contributed by atoms with Crippen molar-refractivity contribution in [1.29, 1.82) is 0 Å². The predicted molar refractivity (Wildman–Crippen MR) is 51.2 cm³/mol. The molecule has 1 aliphatic rings. The molecule has 0 aliphatic carbocycles. The molecule has 1 aliphatic heterocycles. The van der Waals surface area contributed by atoms with E-state index in [0.29, 0.717) is 5.92 Å². The Bertz CT molecular complexity index is 161. The van der Waals surface area contributed by atoms with Crippen LogP contribution in [-0.4, -0.2) is 35.7 Å². The first-order chi connectivity index (χ1) is 5.74. The summed E-state index contributed by atoms with van der Waals surface area (Å²) in [7, 11) is 0. The Balaban J connectivity index is 2.30. The smallest absolute Gasteiger partial charge is 0.0693 e. The van der Waals surface area contributed by atoms with E-state index in [4.69, 9.17) is 11.6 Å². The maximum Gasteiger partial charge on any atom is 0.0693 e. The fourth-order valence-electron chi connectivity index (χ4n) is 1.47. The number of aliphatic hydroxyl groups is 1. The zero-order valence-corrected chi connectivity index (χ0v) is 8.17. The average Bonchev–Trinajstić information content (AvgIpc) is 2.07. The summed E-state index contributed by atoms with van der Waals surface area (Å²) < 4.78 is 0. The second-order valence-electron chi connectivity index (χ2n) is 3.45. The van der Waals surface area contributed by atoms with E-state index in [0.717, 1.165) is 26.1 Å². The van der Waals surface area contributed by atoms with Crippen LogP contribution >= 0.6 is 11.6 Å². The number of aliphatic hydroxyl groups excluding tert-OH is 1. The van der Waals surface area contributed by atoms with Gasteiger partial charge in [-0.2, -0.15) is 0 Å². The van der Waals surface area contributed by atoms with Crippen LogP contribution in [0.1, 0.15) is 13.3 Å². The van der Waals surface area contributed by atoms with Gasteiger partial charge >= 0.3 is 0 Å². The molecule has 0 amide bonds. The van der Waals surface area contributed by atoms with E-state index >= 15 is 0 Å². The Morgan fingerprint density at radius 1 is 1.67 bits per heavy atom. The number of likely N-dealkylation sites (tertiary alicyclic amines) is 1. The normalized spacial score (nSPS) is 32.9. The van der Waals surface area contributed by atoms with E-state index in [1.54, 1.807) is 0 Å². The second kappa shape index (κ2) is 4.85. The first-order valence-corrected chi connectivity index (χ1v) is 4.83. The molecule has 1 fully saturated rings. The average molecular weight is 190 g/mol. The lowest BCUT2D eigenvalue weighted by Crippen LogP contribution is -2.42. The van der Waals surface area contributed by atoms with Gasteiger partial charge in [-0.3, -0.25) is 4.90 Å². The number of piperidine rings is 1. The molecule has 1 N–H and O–H groups in total. The number of hydrogen-bond donors (Lipinski definition) is 1. The standard InChI is InChI=1S/C9H16ClNO/c1-8-3-6-11(5-2-4-10)7-9(8)12/h2,4,8-9,12H,3,5-7H2,1H3/b4-2+. The third kappa shape index (κ3) is 2.77. The van der Waals surface area contributed by atoms with E-state index in [9.17, 15) is 5.11 Å². The van der Waals surface area contributed by atoms with Gasteiger partial charge in [0.15, 0.2) is 0 Å². The van der Waals surface area contributed by atoms with E-state index < -0.39 is 0 Å². The van der Waals surface area contributed by atoms with Crippen molar-refractivity contribution >= 4 is 11.6 Å². The van der Waals surface area contributed by atoms with Gasteiger partial charge in [0.05, 0.1) is 6.10 Å². The van der Waals surface area contributed by atoms with Crippen molar-refractivity contribution in [3.05, 3.63) is 11.6 Å². The summed E-state index contributed by atoms with van der Waals surface area (Å²) in [5.74, 6) is 0.446. The van der Waals surface area contributed by atoms with E-state index in [2.05, 4.69) is 11.8 Å². The molecule has 1 rings (SSSR count). The fraction of sp³-hybridized carbons (Fsp3) is 0.778. The molecular formula is C9H16ClNO. The van der Waals surface area contributed by atoms with Crippen LogP contribution in [0.2, 0.25) is 0 Å². The first-order valence-electron chi connectivity index (χ1n) is 4.39. The largest absolute Gasteiger partial charge is 0.392 e. The van der Waals surface area contributed by atoms with Crippen molar-refractivity contribution in [2.45, 2.75) is 19.4 Å². The van der Waals surface area contributed by atoms with Crippen LogP contribution in [0, 0.1) is 5.92 Å². The van der Waals surface area contributed by atoms with Crippen molar-refractivity contribution in [2.75, 3.05) is 19.6 Å². The topological polar surface area (TPSA) is 23.5 Å². The lowest BCUT2D eigenvalue weighted by atomic mass is 9.96. The van der Waals surface area contributed by atoms with Crippen molar-refractivity contribution in [3.63, 3.8) is 0 Å². The van der Waals surface area contributed by atoms with Gasteiger partial charge in [-0.15, -0.1) is 0 Å². The van der Waals surface area contributed by atoms with Crippen LogP contribution in [0.5, 0.6) is 0 Å². The Morgan fingerprint density at radius 2 is 2.42 bits per heavy atom. The number of β-amino-alcohol motifs (C(OH)–C–C–N with tert-alkyl or cyclic N) is 1. The van der Waals surface area contributed by atoms with Gasteiger partial charge in [0, 0.05) is 18.6 Å². The lowest BCUT2D eigenvalue weighted by molar-refractivity contribution is 0.0343. The minimum absolute atomic E-state index is 0.164. The van der Waals surface area contributed by atoms with E-state index in [1.807, 2.05) is 6.08 Å². The quantitative estimate of drug-likeness (QED) is 0.711. The van der Waals surface area contributed by atoms with E-state index in [-0.39, 0.29) is 6.10 Å². The molecule has 0 aromatic rings. The molecule has 70 valence electrons. The first kappa shape index (κ1) is 10.0. The maximum atomic E-state index is 9.55. The van der Waals surface area contributed by atoms with Gasteiger partial charge in [0.25, 0.3) is 0 Å². The predicted octanol–water partition coefficient (Wildman–Crippen LogP) is 1.44. The SMILES string of the molecule is CC1CCN(C/C=C/Cl)CC1O. The zero-order chi connectivity index (χ0) is 8.97. The summed E-state index contributed by atoms with van der Waals surface area (Å²) >= 11 is 5.42. The van der Waals surface area contributed by atoms with Gasteiger partial charge in [0.2, 0.25) is 0 Å². The summed E-state index contributed by atoms with van der Waals surface area (Å²) in [4.78, 5) is 2.21. The molecule has 0 spiro atoms. The van der Waals surface area contributed by atoms with Crippen LogP contribution in [0.25, 0.3) is 0 Å². The Labute approximate surface area is 78.8 Å². The van der Waals surface area contributed by atoms with Gasteiger partial charge in [-0.05, 0) is 18.9 Å². The maximum absolute atomic E-state index is 9.55. The highest BCUT2D eigenvalue weighted by Crippen LogP contribution is 2.16. The van der Waals surface area contributed by atoms with Gasteiger partial charge < -0.3 is 5.11 Å². The minimum atomic E-state index is -0.164. The molecule has 2 nitrogen and oxygen atoms in total. The van der Waals surface area contributed by atoms with Crippen molar-refractivity contribution in [1.82, 2.24) is 4.90 Å². The molecule has 3 heteroatoms. The molecule has 1 heterocycles. The molecular weight excluding hydrogens is 174 g/mol. The van der Waals surface area contributed by atoms with Crippen LogP contribution in [0.15, 0.2) is 11.6 Å². The molecule has 0 radical (unpaired) electrons. The van der Waals surface area contributed by atoms with E-state index in [1.165, 1.54) is 5.54 Å². The summed E-state index contributed by atoms with van der Waals surface area (Å²) in [5.41, 5.74) is 1.53. The fourth-order valence-corrected chi connectivity index (χ4v) is 1.55. The monoisotopic (exact) mass is 189 g/mol. The summed E-state index contributed by atoms with van der Waals surface area (Å²) in [6.45, 7) is 4.80. The Kier molecular flexibility index (Phi) is 4.06. The van der Waals surface area contributed by atoms with Crippen LogP contribution in [0.3, 0.4) is 0 Å². The number of nitrogens with zero attached hydrogens (tertiary/aromatic N) is 1. The molecule has 2 atom stereocenters. The third-order valence-electron chi connectivity index (χ3n) is 2.46. The molecule has 1 saturated heterocycles. The Hall–Kier alpha value is -0.0500. The van der Waals surface area contributed by atoms with Crippen LogP contribution in [0.4, 0.5) is 0 Å². The number of rotatable bonds is 2. The van der Waals surface area contributed by atoms with Crippen molar-refractivity contribution in [3.8, 4) is 0 Å². The van der Waals surface area contributed by atoms with Gasteiger partial charge in [0.1, 0.15) is 0 Å². The molecule has 2 unspecified atom stereocenters. The highest BCUT2D eigenvalue weighted by Gasteiger charge is 2.22. The lowest BCUT2D eigenvalue weighted by Gasteiger charge is -2.33. The van der Waals surface area contributed by atoms with Gasteiger partial charge in [-0.25, -0.2) is 0 Å². The molecule has 0 aromatic heterocycles. The summed E-state index contributed by atoms with van der Waals surface area (Å²) in [5, 5.41) is 9.55. The highest BCUT2D eigenvalue weighted by atomic mass is 35.5. The second-order valence-corrected chi connectivity index (χ2v) is 3.71. The summed E-state index contributed by atoms with van der Waals surface area (Å²) in [6.07, 6.45) is 2.82. The molecule has 0 bridgehead atoms. The van der Waals surface area contributed by atoms with Crippen LogP contribution < -0.4 is 0 Å². The highest BCUT2D eigenvalue weighted by molar-refractivity contribution is 6.25. The molecule has 0 aromatic carbocycles. The third-order valence-corrected chi connectivity index (χ3v) is 2.63. The minimum Gasteiger partial charge on any atom is -0.392 e. The number of hydrogen-bond acceptors (Lipinski definition) is 2. The van der Waals surface area contributed by atoms with Crippen molar-refractivity contribution in [2.24, 2.45) is 5.92 Å². The Morgan fingerprint density at radius 3 is 3.00 bits per heavy atom. The zero-order valence-electron chi connectivity index (χ0n) is 7.41. The molecule has 0 saturated carbocycles. The number of halogens is 1. The molecule has 12 heavy (non-hydrogen) atoms. The van der Waals surface area contributed by atoms with Gasteiger partial charge in [-0.1, -0.05) is 24.6 Å². The summed E-state index contributed by atoms with van der Waals surface area (Å²) in [6, 6.07) is 0. The van der Waals surface area contributed by atoms with Crippen LogP contribution in [-0.2, 0) is 0 Å². The van der Waals surface area contributed by atoms with Crippen molar-refractivity contribution < 1.29 is 5.11 Å².